The number of benzene rings is 3. The van der Waals surface area contributed by atoms with E-state index in [0.29, 0.717) is 0 Å². The molecule has 7 heteroatoms. The Morgan fingerprint density at radius 3 is 2.52 bits per heavy atom. The van der Waals surface area contributed by atoms with Crippen LogP contribution in [0.1, 0.15) is 24.2 Å². The number of hydrogen-bond donors (Lipinski definition) is 3. The average molecular weight is 444 g/mol. The number of fused-ring (bicyclic) bond motifs is 2. The van der Waals surface area contributed by atoms with Gasteiger partial charge < -0.3 is 20.6 Å². The van der Waals surface area contributed by atoms with Gasteiger partial charge in [0.05, 0.1) is 11.7 Å². The number of hydrogen-bond acceptors (Lipinski definition) is 6. The topological polar surface area (TPSA) is 90.4 Å². The third-order valence-electron chi connectivity index (χ3n) is 6.07. The van der Waals surface area contributed by atoms with E-state index in [1.807, 2.05) is 6.92 Å². The number of carbonyl (C=O) groups is 1. The molecule has 1 aromatic heterocycles. The van der Waals surface area contributed by atoms with Crippen LogP contribution < -0.4 is 15.5 Å². The van der Waals surface area contributed by atoms with Gasteiger partial charge in [0.1, 0.15) is 0 Å². The molecule has 1 unspecified atom stereocenters. The largest absolute Gasteiger partial charge is 0.483 e. The number of aryl methyl sites for hydroxylation is 1. The Labute approximate surface area is 193 Å². The second kappa shape index (κ2) is 10.3. The van der Waals surface area contributed by atoms with Crippen molar-refractivity contribution >= 4 is 39.5 Å². The lowest BCUT2D eigenvalue weighted by Gasteiger charge is -2.29. The van der Waals surface area contributed by atoms with Gasteiger partial charge in [0, 0.05) is 42.6 Å². The molecule has 0 bridgehead atoms. The van der Waals surface area contributed by atoms with Crippen molar-refractivity contribution in [1.29, 1.82) is 0 Å². The summed E-state index contributed by atoms with van der Waals surface area (Å²) in [6.07, 6.45) is 0. The number of nitrogens with zero attached hydrogens (tertiary/aromatic N) is 3. The van der Waals surface area contributed by atoms with Crippen LogP contribution in [0.25, 0.3) is 21.5 Å². The van der Waals surface area contributed by atoms with Crippen LogP contribution in [0.2, 0.25) is 0 Å². The summed E-state index contributed by atoms with van der Waals surface area (Å²) in [4.78, 5) is 10.8. The summed E-state index contributed by atoms with van der Waals surface area (Å²) in [5.41, 5.74) is 3.47. The maximum atomic E-state index is 8.36. The van der Waals surface area contributed by atoms with E-state index >= 15 is 0 Å². The van der Waals surface area contributed by atoms with Crippen molar-refractivity contribution in [2.45, 2.75) is 19.9 Å². The standard InChI is InChI=1S/C25H27N5.CH2O2/c1-17(21-9-5-7-19-6-3-4-8-23(19)21)27-25-24-16-20(30-14-12-26-13-15-30)10-11-22(24)18(2)28-29-25;2-1-3/h3-11,16-17,26H,12-15H2,1-2H3,(H,27,29);1H,(H,2,3). The van der Waals surface area contributed by atoms with Gasteiger partial charge in [0.25, 0.3) is 6.47 Å². The lowest BCUT2D eigenvalue weighted by Crippen LogP contribution is -2.43. The maximum absolute atomic E-state index is 8.36. The molecule has 1 saturated heterocycles. The van der Waals surface area contributed by atoms with Crippen molar-refractivity contribution in [3.05, 3.63) is 71.9 Å². The lowest BCUT2D eigenvalue weighted by molar-refractivity contribution is -0.122. The molecule has 170 valence electrons. The van der Waals surface area contributed by atoms with Crippen LogP contribution in [0.3, 0.4) is 0 Å². The van der Waals surface area contributed by atoms with E-state index in [-0.39, 0.29) is 12.5 Å². The van der Waals surface area contributed by atoms with Crippen molar-refractivity contribution in [2.75, 3.05) is 36.4 Å². The van der Waals surface area contributed by atoms with Crippen LogP contribution in [0.15, 0.2) is 60.7 Å². The molecule has 0 spiro atoms. The van der Waals surface area contributed by atoms with Crippen LogP contribution >= 0.6 is 0 Å². The first-order valence-corrected chi connectivity index (χ1v) is 11.2. The molecule has 0 saturated carbocycles. The highest BCUT2D eigenvalue weighted by molar-refractivity contribution is 5.95. The molecule has 0 radical (unpaired) electrons. The van der Waals surface area contributed by atoms with Gasteiger partial charge in [-0.2, -0.15) is 5.10 Å². The Balaban J connectivity index is 0.000000821. The molecule has 1 aliphatic rings. The molecule has 33 heavy (non-hydrogen) atoms. The molecule has 0 aliphatic carbocycles. The molecule has 4 aromatic rings. The SMILES string of the molecule is Cc1nnc(NC(C)c2cccc3ccccc23)c2cc(N3CCNCC3)ccc12.O=CO. The van der Waals surface area contributed by atoms with Gasteiger partial charge in [0.15, 0.2) is 5.82 Å². The quantitative estimate of drug-likeness (QED) is 0.403. The minimum atomic E-state index is -0.250. The fourth-order valence-electron chi connectivity index (χ4n) is 4.41. The van der Waals surface area contributed by atoms with Crippen molar-refractivity contribution < 1.29 is 9.90 Å². The minimum Gasteiger partial charge on any atom is -0.483 e. The highest BCUT2D eigenvalue weighted by Crippen LogP contribution is 2.32. The number of aromatic nitrogens is 2. The van der Waals surface area contributed by atoms with E-state index in [0.717, 1.165) is 48.5 Å². The molecule has 1 aliphatic heterocycles. The molecule has 1 atom stereocenters. The Morgan fingerprint density at radius 2 is 1.73 bits per heavy atom. The number of nitrogens with one attached hydrogen (secondary N) is 2. The van der Waals surface area contributed by atoms with E-state index in [2.05, 4.69) is 93.3 Å². The zero-order valence-corrected chi connectivity index (χ0v) is 19.0. The highest BCUT2D eigenvalue weighted by atomic mass is 16.3. The lowest BCUT2D eigenvalue weighted by atomic mass is 9.99. The van der Waals surface area contributed by atoms with E-state index in [1.54, 1.807) is 0 Å². The third kappa shape index (κ3) is 4.88. The van der Waals surface area contributed by atoms with Crippen LogP contribution in [0.5, 0.6) is 0 Å². The van der Waals surface area contributed by atoms with Crippen LogP contribution in [-0.2, 0) is 4.79 Å². The summed E-state index contributed by atoms with van der Waals surface area (Å²) < 4.78 is 0. The second-order valence-electron chi connectivity index (χ2n) is 8.14. The van der Waals surface area contributed by atoms with Crippen molar-refractivity contribution in [1.82, 2.24) is 15.5 Å². The Kier molecular flexibility index (Phi) is 7.00. The minimum absolute atomic E-state index is 0.110. The summed E-state index contributed by atoms with van der Waals surface area (Å²) in [5, 5.41) is 27.7. The van der Waals surface area contributed by atoms with Gasteiger partial charge in [-0.05, 0) is 42.3 Å². The van der Waals surface area contributed by atoms with Gasteiger partial charge in [-0.1, -0.05) is 48.5 Å². The van der Waals surface area contributed by atoms with Crippen LogP contribution in [0, 0.1) is 6.92 Å². The maximum Gasteiger partial charge on any atom is 0.290 e. The summed E-state index contributed by atoms with van der Waals surface area (Å²) in [6, 6.07) is 21.8. The van der Waals surface area contributed by atoms with Crippen molar-refractivity contribution in [2.24, 2.45) is 0 Å². The fourth-order valence-corrected chi connectivity index (χ4v) is 4.41. The zero-order valence-electron chi connectivity index (χ0n) is 19.0. The predicted molar refractivity (Wildman–Crippen MR) is 134 cm³/mol. The Hall–Kier alpha value is -3.71. The number of carboxylic acid groups (broad SMARTS) is 1. The first-order valence-electron chi connectivity index (χ1n) is 11.2. The van der Waals surface area contributed by atoms with Crippen molar-refractivity contribution in [3.63, 3.8) is 0 Å². The average Bonchev–Trinajstić information content (AvgIpc) is 2.86. The van der Waals surface area contributed by atoms with Gasteiger partial charge in [-0.15, -0.1) is 5.10 Å². The van der Waals surface area contributed by atoms with Gasteiger partial charge >= 0.3 is 0 Å². The normalized spacial score (nSPS) is 14.4. The number of rotatable bonds is 4. The van der Waals surface area contributed by atoms with Gasteiger partial charge in [-0.3, -0.25) is 4.79 Å². The number of anilines is 2. The second-order valence-corrected chi connectivity index (χ2v) is 8.14. The summed E-state index contributed by atoms with van der Waals surface area (Å²) in [7, 11) is 0. The van der Waals surface area contributed by atoms with Crippen LogP contribution in [0.4, 0.5) is 11.5 Å². The number of piperazine rings is 1. The predicted octanol–water partition coefficient (Wildman–Crippen LogP) is 4.37. The summed E-state index contributed by atoms with van der Waals surface area (Å²) in [5.74, 6) is 0.841. The monoisotopic (exact) mass is 443 g/mol. The molecular weight excluding hydrogens is 414 g/mol. The van der Waals surface area contributed by atoms with Gasteiger partial charge in [-0.25, -0.2) is 0 Å². The molecule has 1 fully saturated rings. The molecule has 3 aromatic carbocycles. The molecule has 3 N–H and O–H groups in total. The first kappa shape index (κ1) is 22.5. The van der Waals surface area contributed by atoms with Gasteiger partial charge in [0.2, 0.25) is 0 Å². The van der Waals surface area contributed by atoms with E-state index in [9.17, 15) is 0 Å². The van der Waals surface area contributed by atoms with Crippen molar-refractivity contribution in [3.8, 4) is 0 Å². The van der Waals surface area contributed by atoms with E-state index in [4.69, 9.17) is 9.90 Å². The highest BCUT2D eigenvalue weighted by Gasteiger charge is 2.16. The molecular formula is C26H29N5O2. The fraction of sp³-hybridized carbons (Fsp3) is 0.269. The molecule has 5 rings (SSSR count). The Bertz CT molecular complexity index is 1250. The molecule has 2 heterocycles. The zero-order chi connectivity index (χ0) is 23.2. The Morgan fingerprint density at radius 1 is 1.00 bits per heavy atom. The van der Waals surface area contributed by atoms with Crippen LogP contribution in [-0.4, -0.2) is 48.0 Å². The summed E-state index contributed by atoms with van der Waals surface area (Å²) >= 11 is 0. The first-order chi connectivity index (χ1) is 16.1. The molecule has 0 amide bonds. The summed E-state index contributed by atoms with van der Waals surface area (Å²) in [6.45, 7) is 8.06. The third-order valence-corrected chi connectivity index (χ3v) is 6.07. The van der Waals surface area contributed by atoms with E-state index < -0.39 is 0 Å². The molecule has 7 nitrogen and oxygen atoms in total. The smallest absolute Gasteiger partial charge is 0.290 e. The van der Waals surface area contributed by atoms with E-state index in [1.165, 1.54) is 22.0 Å².